The minimum atomic E-state index is -0.572. The monoisotopic (exact) mass is 403 g/mol. The fraction of sp³-hybridized carbons (Fsp3) is 0.435. The molecule has 158 valence electrons. The second-order valence-corrected chi connectivity index (χ2v) is 7.15. The minimum absolute atomic E-state index is 0.272. The van der Waals surface area contributed by atoms with Gasteiger partial charge in [-0.25, -0.2) is 4.39 Å². The van der Waals surface area contributed by atoms with Crippen molar-refractivity contribution in [3.05, 3.63) is 53.3 Å². The molecule has 1 amide bonds. The van der Waals surface area contributed by atoms with Gasteiger partial charge < -0.3 is 19.5 Å². The topological polar surface area (TPSA) is 56.8 Å². The van der Waals surface area contributed by atoms with Crippen LogP contribution in [-0.2, 0) is 5.41 Å². The summed E-state index contributed by atoms with van der Waals surface area (Å²) < 4.78 is 31.2. The number of hydrogen-bond acceptors (Lipinski definition) is 4. The van der Waals surface area contributed by atoms with Crippen LogP contribution >= 0.6 is 0 Å². The molecule has 5 nitrogen and oxygen atoms in total. The minimum Gasteiger partial charge on any atom is -0.490 e. The molecule has 0 saturated heterocycles. The number of hydrogen-bond donors (Lipinski definition) is 1. The number of rotatable bonds is 10. The van der Waals surface area contributed by atoms with E-state index in [-0.39, 0.29) is 18.3 Å². The molecule has 0 heterocycles. The van der Waals surface area contributed by atoms with Gasteiger partial charge >= 0.3 is 0 Å². The van der Waals surface area contributed by atoms with Crippen molar-refractivity contribution in [1.29, 1.82) is 0 Å². The van der Waals surface area contributed by atoms with E-state index in [4.69, 9.17) is 14.2 Å². The molecule has 0 bridgehead atoms. The van der Waals surface area contributed by atoms with E-state index in [1.807, 2.05) is 34.6 Å². The Hall–Kier alpha value is -2.76. The van der Waals surface area contributed by atoms with Crippen molar-refractivity contribution < 1.29 is 23.4 Å². The maximum Gasteiger partial charge on any atom is 0.251 e. The lowest BCUT2D eigenvalue weighted by atomic mass is 9.84. The largest absolute Gasteiger partial charge is 0.490 e. The molecule has 0 spiro atoms. The number of carbonyl (C=O) groups is 1. The Kier molecular flexibility index (Phi) is 7.88. The Morgan fingerprint density at radius 3 is 2.03 bits per heavy atom. The van der Waals surface area contributed by atoms with Gasteiger partial charge in [0.25, 0.3) is 5.91 Å². The van der Waals surface area contributed by atoms with E-state index in [1.54, 1.807) is 30.3 Å². The van der Waals surface area contributed by atoms with Gasteiger partial charge in [0.15, 0.2) is 11.5 Å². The molecular weight excluding hydrogens is 373 g/mol. The zero-order valence-electron chi connectivity index (χ0n) is 17.8. The van der Waals surface area contributed by atoms with Crippen LogP contribution in [0.15, 0.2) is 36.4 Å². The lowest BCUT2D eigenvalue weighted by Gasteiger charge is -2.26. The van der Waals surface area contributed by atoms with Crippen LogP contribution in [0.5, 0.6) is 17.2 Å². The molecule has 2 aromatic rings. The Labute approximate surface area is 172 Å². The summed E-state index contributed by atoms with van der Waals surface area (Å²) in [6, 6.07) is 9.88. The van der Waals surface area contributed by atoms with E-state index < -0.39 is 5.41 Å². The highest BCUT2D eigenvalue weighted by molar-refractivity contribution is 5.95. The SMILES string of the molecule is CCOc1cc(C(=O)NCC(C)(C)c2ccccc2F)cc(OCC)c1OCC. The predicted molar refractivity (Wildman–Crippen MR) is 112 cm³/mol. The van der Waals surface area contributed by atoms with Crippen molar-refractivity contribution in [2.75, 3.05) is 26.4 Å². The number of ether oxygens (including phenoxy) is 3. The summed E-state index contributed by atoms with van der Waals surface area (Å²) in [4.78, 5) is 12.8. The van der Waals surface area contributed by atoms with Crippen molar-refractivity contribution in [3.63, 3.8) is 0 Å². The van der Waals surface area contributed by atoms with Gasteiger partial charge in [0.05, 0.1) is 19.8 Å². The van der Waals surface area contributed by atoms with Gasteiger partial charge in [-0.3, -0.25) is 4.79 Å². The van der Waals surface area contributed by atoms with Gasteiger partial charge in [0.2, 0.25) is 5.75 Å². The first-order valence-electron chi connectivity index (χ1n) is 9.93. The molecular formula is C23H30FNO4. The second-order valence-electron chi connectivity index (χ2n) is 7.15. The van der Waals surface area contributed by atoms with Gasteiger partial charge in [-0.2, -0.15) is 0 Å². The highest BCUT2D eigenvalue weighted by Crippen LogP contribution is 2.39. The summed E-state index contributed by atoms with van der Waals surface area (Å²) in [6.45, 7) is 10.9. The fourth-order valence-electron chi connectivity index (χ4n) is 3.03. The third kappa shape index (κ3) is 5.62. The molecule has 29 heavy (non-hydrogen) atoms. The zero-order chi connectivity index (χ0) is 21.4. The number of carbonyl (C=O) groups excluding carboxylic acids is 1. The molecule has 6 heteroatoms. The Balaban J connectivity index is 2.26. The zero-order valence-corrected chi connectivity index (χ0v) is 17.8. The summed E-state index contributed by atoms with van der Waals surface area (Å²) in [5.74, 6) is 0.821. The third-order valence-corrected chi connectivity index (χ3v) is 4.47. The summed E-state index contributed by atoms with van der Waals surface area (Å²) in [6.07, 6.45) is 0. The molecule has 0 aliphatic heterocycles. The van der Waals surface area contributed by atoms with E-state index >= 15 is 0 Å². The van der Waals surface area contributed by atoms with E-state index in [1.165, 1.54) is 6.07 Å². The first kappa shape index (κ1) is 22.5. The van der Waals surface area contributed by atoms with Crippen molar-refractivity contribution in [2.45, 2.75) is 40.0 Å². The summed E-state index contributed by atoms with van der Waals surface area (Å²) in [5.41, 5.74) is 0.374. The van der Waals surface area contributed by atoms with Crippen LogP contribution in [0.4, 0.5) is 4.39 Å². The summed E-state index contributed by atoms with van der Waals surface area (Å²) in [5, 5.41) is 2.90. The van der Waals surface area contributed by atoms with Crippen molar-refractivity contribution >= 4 is 5.91 Å². The summed E-state index contributed by atoms with van der Waals surface area (Å²) in [7, 11) is 0. The number of benzene rings is 2. The van der Waals surface area contributed by atoms with Gasteiger partial charge in [-0.15, -0.1) is 0 Å². The molecule has 0 atom stereocenters. The Morgan fingerprint density at radius 2 is 1.52 bits per heavy atom. The van der Waals surface area contributed by atoms with Gasteiger partial charge in [-0.1, -0.05) is 32.0 Å². The van der Waals surface area contributed by atoms with Crippen molar-refractivity contribution in [3.8, 4) is 17.2 Å². The van der Waals surface area contributed by atoms with Crippen molar-refractivity contribution in [2.24, 2.45) is 0 Å². The van der Waals surface area contributed by atoms with Crippen LogP contribution in [0.3, 0.4) is 0 Å². The van der Waals surface area contributed by atoms with Crippen LogP contribution in [0.25, 0.3) is 0 Å². The molecule has 0 aliphatic carbocycles. The maximum absolute atomic E-state index is 14.2. The molecule has 2 aromatic carbocycles. The highest BCUT2D eigenvalue weighted by Gasteiger charge is 2.25. The third-order valence-electron chi connectivity index (χ3n) is 4.47. The number of halogens is 1. The van der Waals surface area contributed by atoms with E-state index in [0.29, 0.717) is 48.2 Å². The molecule has 1 N–H and O–H groups in total. The van der Waals surface area contributed by atoms with Crippen LogP contribution in [0.1, 0.15) is 50.5 Å². The smallest absolute Gasteiger partial charge is 0.251 e. The molecule has 0 radical (unpaired) electrons. The Morgan fingerprint density at radius 1 is 0.966 bits per heavy atom. The number of nitrogens with one attached hydrogen (secondary N) is 1. The van der Waals surface area contributed by atoms with Gasteiger partial charge in [-0.05, 0) is 44.5 Å². The normalized spacial score (nSPS) is 11.1. The lowest BCUT2D eigenvalue weighted by molar-refractivity contribution is 0.0944. The van der Waals surface area contributed by atoms with Gasteiger partial charge in [0.1, 0.15) is 5.82 Å². The average Bonchev–Trinajstić information content (AvgIpc) is 2.69. The van der Waals surface area contributed by atoms with Crippen LogP contribution in [0, 0.1) is 5.82 Å². The summed E-state index contributed by atoms with van der Waals surface area (Å²) >= 11 is 0. The fourth-order valence-corrected chi connectivity index (χ4v) is 3.03. The molecule has 0 aromatic heterocycles. The molecule has 2 rings (SSSR count). The van der Waals surface area contributed by atoms with Crippen LogP contribution in [0.2, 0.25) is 0 Å². The first-order valence-corrected chi connectivity index (χ1v) is 9.93. The highest BCUT2D eigenvalue weighted by atomic mass is 19.1. The quantitative estimate of drug-likeness (QED) is 0.623. The first-order chi connectivity index (χ1) is 13.8. The molecule has 0 saturated carbocycles. The lowest BCUT2D eigenvalue weighted by Crippen LogP contribution is -2.37. The van der Waals surface area contributed by atoms with Crippen LogP contribution < -0.4 is 19.5 Å². The average molecular weight is 403 g/mol. The maximum atomic E-state index is 14.2. The predicted octanol–water partition coefficient (Wildman–Crippen LogP) is 4.73. The number of amides is 1. The standard InChI is InChI=1S/C23H30FNO4/c1-6-27-19-13-16(14-20(28-7-2)21(19)29-8-3)22(26)25-15-23(4,5)17-11-9-10-12-18(17)24/h9-14H,6-8,15H2,1-5H3,(H,25,26). The molecule has 0 unspecified atom stereocenters. The second kappa shape index (κ2) is 10.1. The van der Waals surface area contributed by atoms with E-state index in [0.717, 1.165) is 0 Å². The van der Waals surface area contributed by atoms with Gasteiger partial charge in [0, 0.05) is 17.5 Å². The molecule has 0 aliphatic rings. The van der Waals surface area contributed by atoms with Crippen molar-refractivity contribution in [1.82, 2.24) is 5.32 Å². The van der Waals surface area contributed by atoms with E-state index in [9.17, 15) is 9.18 Å². The molecule has 0 fully saturated rings. The Bertz CT molecular complexity index is 808. The van der Waals surface area contributed by atoms with Crippen LogP contribution in [-0.4, -0.2) is 32.3 Å². The van der Waals surface area contributed by atoms with E-state index in [2.05, 4.69) is 5.32 Å².